The summed E-state index contributed by atoms with van der Waals surface area (Å²) in [5, 5.41) is 2.78. The predicted molar refractivity (Wildman–Crippen MR) is 82.3 cm³/mol. The third-order valence-electron chi connectivity index (χ3n) is 3.11. The van der Waals surface area contributed by atoms with E-state index >= 15 is 0 Å². The Labute approximate surface area is 128 Å². The van der Waals surface area contributed by atoms with Gasteiger partial charge in [0, 0.05) is 23.6 Å². The number of pyridine rings is 1. The summed E-state index contributed by atoms with van der Waals surface area (Å²) in [4.78, 5) is 27.1. The van der Waals surface area contributed by atoms with Gasteiger partial charge >= 0.3 is 5.97 Å². The fraction of sp³-hybridized carbons (Fsp3) is 0.188. The third kappa shape index (κ3) is 4.13. The van der Waals surface area contributed by atoms with Crippen molar-refractivity contribution in [2.75, 3.05) is 12.4 Å². The van der Waals surface area contributed by atoms with Crippen molar-refractivity contribution in [2.45, 2.75) is 12.5 Å². The number of carbonyl (C=O) groups is 2. The molecular weight excluding hydrogens is 282 g/mol. The molecule has 1 amide bonds. The fourth-order valence-corrected chi connectivity index (χ4v) is 1.92. The molecule has 0 radical (unpaired) electrons. The van der Waals surface area contributed by atoms with E-state index in [1.54, 1.807) is 36.7 Å². The second kappa shape index (κ2) is 7.33. The number of nitrogens with two attached hydrogens (primary N) is 1. The van der Waals surface area contributed by atoms with Gasteiger partial charge in [-0.05, 0) is 36.2 Å². The summed E-state index contributed by atoms with van der Waals surface area (Å²) in [6, 6.07) is 9.73. The van der Waals surface area contributed by atoms with Gasteiger partial charge in [0.1, 0.15) is 6.04 Å². The van der Waals surface area contributed by atoms with Gasteiger partial charge in [0.25, 0.3) is 5.91 Å². The van der Waals surface area contributed by atoms with Gasteiger partial charge in [-0.2, -0.15) is 0 Å². The molecule has 0 saturated heterocycles. The van der Waals surface area contributed by atoms with Crippen molar-refractivity contribution in [3.05, 3.63) is 59.9 Å². The zero-order valence-corrected chi connectivity index (χ0v) is 12.2. The fourth-order valence-electron chi connectivity index (χ4n) is 1.92. The van der Waals surface area contributed by atoms with Crippen LogP contribution in [0.2, 0.25) is 0 Å². The number of hydrogen-bond acceptors (Lipinski definition) is 5. The zero-order chi connectivity index (χ0) is 15.9. The van der Waals surface area contributed by atoms with Crippen molar-refractivity contribution < 1.29 is 14.3 Å². The van der Waals surface area contributed by atoms with E-state index < -0.39 is 12.0 Å². The van der Waals surface area contributed by atoms with Crippen molar-refractivity contribution in [1.29, 1.82) is 0 Å². The summed E-state index contributed by atoms with van der Waals surface area (Å²) < 4.78 is 4.58. The van der Waals surface area contributed by atoms with Gasteiger partial charge in [0.2, 0.25) is 0 Å². The predicted octanol–water partition coefficient (Wildman–Crippen LogP) is 1.38. The van der Waals surface area contributed by atoms with Gasteiger partial charge < -0.3 is 15.8 Å². The van der Waals surface area contributed by atoms with E-state index in [2.05, 4.69) is 15.0 Å². The maximum atomic E-state index is 12.0. The number of nitrogens with zero attached hydrogens (tertiary/aromatic N) is 1. The van der Waals surface area contributed by atoms with E-state index in [-0.39, 0.29) is 5.91 Å². The zero-order valence-electron chi connectivity index (χ0n) is 12.2. The van der Waals surface area contributed by atoms with Gasteiger partial charge in [-0.15, -0.1) is 0 Å². The van der Waals surface area contributed by atoms with Crippen molar-refractivity contribution in [2.24, 2.45) is 5.73 Å². The van der Waals surface area contributed by atoms with E-state index in [1.165, 1.54) is 7.11 Å². The minimum Gasteiger partial charge on any atom is -0.468 e. The smallest absolute Gasteiger partial charge is 0.322 e. The molecule has 2 aromatic rings. The third-order valence-corrected chi connectivity index (χ3v) is 3.11. The molecule has 0 aliphatic heterocycles. The molecule has 1 aromatic carbocycles. The largest absolute Gasteiger partial charge is 0.468 e. The second-order valence-corrected chi connectivity index (χ2v) is 4.72. The highest BCUT2D eigenvalue weighted by atomic mass is 16.5. The first-order valence-corrected chi connectivity index (χ1v) is 6.74. The number of benzene rings is 1. The Morgan fingerprint density at radius 1 is 1.18 bits per heavy atom. The molecule has 1 atom stereocenters. The molecule has 114 valence electrons. The molecule has 1 unspecified atom stereocenters. The second-order valence-electron chi connectivity index (χ2n) is 4.72. The van der Waals surface area contributed by atoms with E-state index in [1.807, 2.05) is 12.1 Å². The summed E-state index contributed by atoms with van der Waals surface area (Å²) in [5.74, 6) is -0.656. The number of methoxy groups -OCH3 is 1. The molecule has 6 nitrogen and oxygen atoms in total. The lowest BCUT2D eigenvalue weighted by molar-refractivity contribution is -0.142. The first kappa shape index (κ1) is 15.7. The molecule has 6 heteroatoms. The highest BCUT2D eigenvalue weighted by Gasteiger charge is 2.14. The number of esters is 1. The van der Waals surface area contributed by atoms with Crippen LogP contribution in [0.4, 0.5) is 5.69 Å². The van der Waals surface area contributed by atoms with Crippen molar-refractivity contribution >= 4 is 17.6 Å². The number of anilines is 1. The van der Waals surface area contributed by atoms with Crippen molar-refractivity contribution in [3.8, 4) is 0 Å². The molecule has 0 spiro atoms. The SMILES string of the molecule is COC(=O)C(N)Cc1ccc(NC(=O)c2ccncc2)cc1. The van der Waals surface area contributed by atoms with E-state index in [0.717, 1.165) is 5.56 Å². The minimum atomic E-state index is -0.692. The van der Waals surface area contributed by atoms with Crippen LogP contribution in [0.5, 0.6) is 0 Å². The van der Waals surface area contributed by atoms with Gasteiger partial charge in [0.05, 0.1) is 7.11 Å². The average Bonchev–Trinajstić information content (AvgIpc) is 2.56. The molecule has 22 heavy (non-hydrogen) atoms. The molecular formula is C16H17N3O3. The number of aromatic nitrogens is 1. The standard InChI is InChI=1S/C16H17N3O3/c1-22-16(21)14(17)10-11-2-4-13(5-3-11)19-15(20)12-6-8-18-9-7-12/h2-9,14H,10,17H2,1H3,(H,19,20). The number of ether oxygens (including phenoxy) is 1. The van der Waals surface area contributed by atoms with Crippen LogP contribution < -0.4 is 11.1 Å². The summed E-state index contributed by atoms with van der Waals surface area (Å²) in [6.07, 6.45) is 3.50. The average molecular weight is 299 g/mol. The summed E-state index contributed by atoms with van der Waals surface area (Å²) >= 11 is 0. The molecule has 1 heterocycles. The first-order chi connectivity index (χ1) is 10.6. The number of carbonyl (C=O) groups excluding carboxylic acids is 2. The Kier molecular flexibility index (Phi) is 5.21. The lowest BCUT2D eigenvalue weighted by Crippen LogP contribution is -2.33. The Morgan fingerprint density at radius 3 is 2.41 bits per heavy atom. The normalized spacial score (nSPS) is 11.5. The van der Waals surface area contributed by atoms with Crippen LogP contribution in [0.25, 0.3) is 0 Å². The molecule has 0 fully saturated rings. The van der Waals surface area contributed by atoms with Crippen LogP contribution in [0.3, 0.4) is 0 Å². The minimum absolute atomic E-state index is 0.207. The maximum absolute atomic E-state index is 12.0. The molecule has 0 aliphatic rings. The van der Waals surface area contributed by atoms with E-state index in [0.29, 0.717) is 17.7 Å². The van der Waals surface area contributed by atoms with Crippen LogP contribution in [0, 0.1) is 0 Å². The summed E-state index contributed by atoms with van der Waals surface area (Å²) in [5.41, 5.74) is 7.79. The number of nitrogens with one attached hydrogen (secondary N) is 1. The van der Waals surface area contributed by atoms with Crippen LogP contribution in [-0.4, -0.2) is 30.0 Å². The topological polar surface area (TPSA) is 94.3 Å². The van der Waals surface area contributed by atoms with Gasteiger partial charge in [0.15, 0.2) is 0 Å². The summed E-state index contributed by atoms with van der Waals surface area (Å²) in [7, 11) is 1.31. The maximum Gasteiger partial charge on any atom is 0.322 e. The Hall–Kier alpha value is -2.73. The van der Waals surface area contributed by atoms with E-state index in [4.69, 9.17) is 5.73 Å². The highest BCUT2D eigenvalue weighted by molar-refractivity contribution is 6.04. The van der Waals surface area contributed by atoms with E-state index in [9.17, 15) is 9.59 Å². The van der Waals surface area contributed by atoms with Gasteiger partial charge in [-0.25, -0.2) is 0 Å². The van der Waals surface area contributed by atoms with Gasteiger partial charge in [-0.1, -0.05) is 12.1 Å². The summed E-state index contributed by atoms with van der Waals surface area (Å²) in [6.45, 7) is 0. The molecule has 0 bridgehead atoms. The Bertz CT molecular complexity index is 641. The molecule has 0 saturated carbocycles. The first-order valence-electron chi connectivity index (χ1n) is 6.74. The van der Waals surface area contributed by atoms with Crippen molar-refractivity contribution in [3.63, 3.8) is 0 Å². The molecule has 3 N–H and O–H groups in total. The highest BCUT2D eigenvalue weighted by Crippen LogP contribution is 2.12. The molecule has 0 aliphatic carbocycles. The lowest BCUT2D eigenvalue weighted by Gasteiger charge is -2.10. The van der Waals surface area contributed by atoms with Crippen LogP contribution in [-0.2, 0) is 16.0 Å². The Morgan fingerprint density at radius 2 is 1.82 bits per heavy atom. The Balaban J connectivity index is 1.97. The lowest BCUT2D eigenvalue weighted by atomic mass is 10.1. The van der Waals surface area contributed by atoms with Crippen LogP contribution >= 0.6 is 0 Å². The molecule has 1 aromatic heterocycles. The number of amides is 1. The number of rotatable bonds is 5. The van der Waals surface area contributed by atoms with Gasteiger partial charge in [-0.3, -0.25) is 14.6 Å². The van der Waals surface area contributed by atoms with Crippen molar-refractivity contribution in [1.82, 2.24) is 4.98 Å². The monoisotopic (exact) mass is 299 g/mol. The quantitative estimate of drug-likeness (QED) is 0.813. The van der Waals surface area contributed by atoms with Crippen LogP contribution in [0.1, 0.15) is 15.9 Å². The number of hydrogen-bond donors (Lipinski definition) is 2. The van der Waals surface area contributed by atoms with Crippen LogP contribution in [0.15, 0.2) is 48.8 Å². The molecule has 2 rings (SSSR count).